The van der Waals surface area contributed by atoms with Crippen molar-refractivity contribution in [3.8, 4) is 0 Å². The predicted octanol–water partition coefficient (Wildman–Crippen LogP) is -0.943. The molecule has 0 aliphatic rings. The second kappa shape index (κ2) is 8.56. The minimum Gasteiger partial charge on any atom is -0.458 e. The standard InChI is InChI=1S/C10H18N4O4/c1-16-4-5-17-6-7-18-10(15)9-8-14(3-2-11)13-12-9/h8H,2-7,11H2,1H3. The molecule has 1 aromatic rings. The first-order valence-corrected chi connectivity index (χ1v) is 5.62. The number of ether oxygens (including phenoxy) is 3. The van der Waals surface area contributed by atoms with E-state index in [2.05, 4.69) is 10.3 Å². The molecule has 102 valence electrons. The predicted molar refractivity (Wildman–Crippen MR) is 62.1 cm³/mol. The van der Waals surface area contributed by atoms with Crippen LogP contribution in [0, 0.1) is 0 Å². The van der Waals surface area contributed by atoms with Crippen LogP contribution in [0.3, 0.4) is 0 Å². The minimum atomic E-state index is -0.520. The van der Waals surface area contributed by atoms with Gasteiger partial charge in [0.05, 0.1) is 32.6 Å². The molecule has 2 N–H and O–H groups in total. The van der Waals surface area contributed by atoms with E-state index >= 15 is 0 Å². The molecule has 0 radical (unpaired) electrons. The molecule has 1 aromatic heterocycles. The van der Waals surface area contributed by atoms with Crippen LogP contribution < -0.4 is 5.73 Å². The zero-order valence-corrected chi connectivity index (χ0v) is 10.4. The Morgan fingerprint density at radius 2 is 2.17 bits per heavy atom. The van der Waals surface area contributed by atoms with Gasteiger partial charge in [0.1, 0.15) is 6.61 Å². The highest BCUT2D eigenvalue weighted by atomic mass is 16.6. The quantitative estimate of drug-likeness (QED) is 0.450. The fourth-order valence-corrected chi connectivity index (χ4v) is 1.15. The average molecular weight is 258 g/mol. The van der Waals surface area contributed by atoms with E-state index in [-0.39, 0.29) is 12.3 Å². The summed E-state index contributed by atoms with van der Waals surface area (Å²) < 4.78 is 16.4. The molecule has 18 heavy (non-hydrogen) atoms. The van der Waals surface area contributed by atoms with E-state index in [0.717, 1.165) is 0 Å². The van der Waals surface area contributed by atoms with Crippen LogP contribution in [0.2, 0.25) is 0 Å². The van der Waals surface area contributed by atoms with Crippen molar-refractivity contribution < 1.29 is 19.0 Å². The van der Waals surface area contributed by atoms with Crippen LogP contribution in [0.1, 0.15) is 10.5 Å². The van der Waals surface area contributed by atoms with Crippen LogP contribution in [-0.4, -0.2) is 61.0 Å². The minimum absolute atomic E-state index is 0.167. The molecule has 0 aliphatic heterocycles. The number of carbonyl (C=O) groups is 1. The van der Waals surface area contributed by atoms with Crippen molar-refractivity contribution in [3.63, 3.8) is 0 Å². The van der Waals surface area contributed by atoms with E-state index in [4.69, 9.17) is 19.9 Å². The van der Waals surface area contributed by atoms with Gasteiger partial charge in [0, 0.05) is 13.7 Å². The molecule has 8 nitrogen and oxygen atoms in total. The third-order valence-corrected chi connectivity index (χ3v) is 2.00. The summed E-state index contributed by atoms with van der Waals surface area (Å²) in [4.78, 5) is 11.5. The van der Waals surface area contributed by atoms with Gasteiger partial charge in [0.25, 0.3) is 0 Å². The first-order chi connectivity index (χ1) is 8.77. The van der Waals surface area contributed by atoms with E-state index in [1.165, 1.54) is 10.9 Å². The van der Waals surface area contributed by atoms with E-state index in [9.17, 15) is 4.79 Å². The van der Waals surface area contributed by atoms with Crippen molar-refractivity contribution in [1.82, 2.24) is 15.0 Å². The SMILES string of the molecule is COCCOCCOC(=O)c1cn(CCN)nn1. The van der Waals surface area contributed by atoms with Crippen molar-refractivity contribution >= 4 is 5.97 Å². The van der Waals surface area contributed by atoms with Gasteiger partial charge in [-0.2, -0.15) is 0 Å². The van der Waals surface area contributed by atoms with Crippen LogP contribution in [0.4, 0.5) is 0 Å². The molecule has 0 bridgehead atoms. The highest BCUT2D eigenvalue weighted by Gasteiger charge is 2.11. The van der Waals surface area contributed by atoms with Crippen LogP contribution in [0.15, 0.2) is 6.20 Å². The van der Waals surface area contributed by atoms with Crippen LogP contribution in [0.25, 0.3) is 0 Å². The molecule has 0 aliphatic carbocycles. The summed E-state index contributed by atoms with van der Waals surface area (Å²) in [5.74, 6) is -0.520. The number of hydrogen-bond donors (Lipinski definition) is 1. The third kappa shape index (κ3) is 5.21. The number of hydrogen-bond acceptors (Lipinski definition) is 7. The van der Waals surface area contributed by atoms with Gasteiger partial charge in [-0.3, -0.25) is 4.68 Å². The van der Waals surface area contributed by atoms with Crippen LogP contribution in [-0.2, 0) is 20.8 Å². The molecular formula is C10H18N4O4. The van der Waals surface area contributed by atoms with Gasteiger partial charge in [-0.05, 0) is 0 Å². The molecule has 0 atom stereocenters. The van der Waals surface area contributed by atoms with Gasteiger partial charge in [-0.25, -0.2) is 4.79 Å². The van der Waals surface area contributed by atoms with Crippen molar-refractivity contribution in [1.29, 1.82) is 0 Å². The van der Waals surface area contributed by atoms with Gasteiger partial charge in [0.2, 0.25) is 0 Å². The number of carbonyl (C=O) groups excluding carboxylic acids is 1. The van der Waals surface area contributed by atoms with Crippen molar-refractivity contribution in [2.45, 2.75) is 6.54 Å². The summed E-state index contributed by atoms with van der Waals surface area (Å²) in [5.41, 5.74) is 5.52. The molecule has 0 unspecified atom stereocenters. The lowest BCUT2D eigenvalue weighted by atomic mass is 10.5. The maximum atomic E-state index is 11.5. The molecule has 0 spiro atoms. The fraction of sp³-hybridized carbons (Fsp3) is 0.700. The lowest BCUT2D eigenvalue weighted by Crippen LogP contribution is -2.13. The van der Waals surface area contributed by atoms with Crippen molar-refractivity contribution in [2.75, 3.05) is 40.1 Å². The zero-order chi connectivity index (χ0) is 13.2. The molecule has 1 heterocycles. The normalized spacial score (nSPS) is 10.6. The molecule has 0 saturated heterocycles. The Balaban J connectivity index is 2.19. The lowest BCUT2D eigenvalue weighted by molar-refractivity contribution is 0.0209. The number of methoxy groups -OCH3 is 1. The molecule has 0 amide bonds. The van der Waals surface area contributed by atoms with Gasteiger partial charge in [-0.15, -0.1) is 5.10 Å². The Morgan fingerprint density at radius 3 is 2.89 bits per heavy atom. The summed E-state index contributed by atoms with van der Waals surface area (Å²) in [5, 5.41) is 7.42. The summed E-state index contributed by atoms with van der Waals surface area (Å²) in [7, 11) is 1.59. The van der Waals surface area contributed by atoms with Gasteiger partial charge < -0.3 is 19.9 Å². The highest BCUT2D eigenvalue weighted by molar-refractivity contribution is 5.86. The second-order valence-electron chi connectivity index (χ2n) is 3.40. The summed E-state index contributed by atoms with van der Waals surface area (Å²) in [6.45, 7) is 2.44. The largest absolute Gasteiger partial charge is 0.458 e. The molecule has 0 saturated carbocycles. The maximum absolute atomic E-state index is 11.5. The van der Waals surface area contributed by atoms with Crippen molar-refractivity contribution in [2.24, 2.45) is 5.73 Å². The molecule has 8 heteroatoms. The first-order valence-electron chi connectivity index (χ1n) is 5.62. The summed E-state index contributed by atoms with van der Waals surface area (Å²) in [6, 6.07) is 0. The number of aromatic nitrogens is 3. The average Bonchev–Trinajstić information content (AvgIpc) is 2.82. The Kier molecular flexibility index (Phi) is 6.92. The molecule has 0 aromatic carbocycles. The van der Waals surface area contributed by atoms with E-state index in [1.54, 1.807) is 7.11 Å². The topological polar surface area (TPSA) is 101 Å². The molecular weight excluding hydrogens is 240 g/mol. The maximum Gasteiger partial charge on any atom is 0.360 e. The van der Waals surface area contributed by atoms with Crippen LogP contribution >= 0.6 is 0 Å². The zero-order valence-electron chi connectivity index (χ0n) is 10.4. The Labute approximate surface area is 105 Å². The molecule has 1 rings (SSSR count). The fourth-order valence-electron chi connectivity index (χ4n) is 1.15. The number of esters is 1. The van der Waals surface area contributed by atoms with E-state index in [1.807, 2.05) is 0 Å². The third-order valence-electron chi connectivity index (χ3n) is 2.00. The Hall–Kier alpha value is -1.51. The lowest BCUT2D eigenvalue weighted by Gasteiger charge is -2.03. The summed E-state index contributed by atoms with van der Waals surface area (Å²) in [6.07, 6.45) is 1.50. The first kappa shape index (κ1) is 14.6. The van der Waals surface area contributed by atoms with Gasteiger partial charge >= 0.3 is 5.97 Å². The highest BCUT2D eigenvalue weighted by Crippen LogP contribution is 1.96. The number of rotatable bonds is 9. The monoisotopic (exact) mass is 258 g/mol. The van der Waals surface area contributed by atoms with E-state index < -0.39 is 5.97 Å². The van der Waals surface area contributed by atoms with E-state index in [0.29, 0.717) is 32.9 Å². The Morgan fingerprint density at radius 1 is 1.39 bits per heavy atom. The van der Waals surface area contributed by atoms with Crippen molar-refractivity contribution in [3.05, 3.63) is 11.9 Å². The van der Waals surface area contributed by atoms with Gasteiger partial charge in [0.15, 0.2) is 5.69 Å². The van der Waals surface area contributed by atoms with Gasteiger partial charge in [-0.1, -0.05) is 5.21 Å². The second-order valence-corrected chi connectivity index (χ2v) is 3.40. The number of nitrogens with zero attached hydrogens (tertiary/aromatic N) is 3. The number of nitrogens with two attached hydrogens (primary N) is 1. The Bertz CT molecular complexity index is 355. The van der Waals surface area contributed by atoms with Crippen LogP contribution in [0.5, 0.6) is 0 Å². The smallest absolute Gasteiger partial charge is 0.360 e. The molecule has 0 fully saturated rings. The summed E-state index contributed by atoms with van der Waals surface area (Å²) >= 11 is 0.